The minimum atomic E-state index is -3.36. The predicted molar refractivity (Wildman–Crippen MR) is 64.6 cm³/mol. The summed E-state index contributed by atoms with van der Waals surface area (Å²) < 4.78 is 36.2. The molecule has 0 spiro atoms. The summed E-state index contributed by atoms with van der Waals surface area (Å²) in [6, 6.07) is 0. The first-order chi connectivity index (χ1) is 8.29. The quantitative estimate of drug-likeness (QED) is 0.284. The normalized spacial score (nSPS) is 26.9. The van der Waals surface area contributed by atoms with Crippen LogP contribution in [0.5, 0.6) is 0 Å². The molecule has 0 aromatic rings. The molecule has 0 aliphatic carbocycles. The Balaban J connectivity index is 2.14. The average Bonchev–Trinajstić information content (AvgIpc) is 2.89. The van der Waals surface area contributed by atoms with E-state index < -0.39 is 15.7 Å². The van der Waals surface area contributed by atoms with Crippen molar-refractivity contribution < 1.29 is 26.9 Å². The maximum absolute atomic E-state index is 11.5. The fourth-order valence-electron chi connectivity index (χ4n) is 1.69. The number of unbranched alkanes of at least 4 members (excludes halogenated alkanes) is 1. The summed E-state index contributed by atoms with van der Waals surface area (Å²) >= 11 is 0. The van der Waals surface area contributed by atoms with Crippen LogP contribution in [0.3, 0.4) is 0 Å². The Morgan fingerprint density at radius 2 is 2.06 bits per heavy atom. The van der Waals surface area contributed by atoms with Crippen LogP contribution in [-0.4, -0.2) is 45.6 Å². The third kappa shape index (κ3) is 4.55. The molecular weight excluding hydrogens is 260 g/mol. The zero-order valence-corrected chi connectivity index (χ0v) is 11.8. The second-order valence-corrected chi connectivity index (χ2v) is 6.10. The Labute approximate surface area is 108 Å². The molecule has 1 fully saturated rings. The Morgan fingerprint density at radius 1 is 1.39 bits per heavy atom. The molecule has 0 unspecified atom stereocenters. The minimum Gasteiger partial charge on any atom is -0.464 e. The van der Waals surface area contributed by atoms with E-state index in [1.807, 2.05) is 0 Å². The Hall–Kier alpha value is -0.660. The number of esters is 1. The largest absolute Gasteiger partial charge is 0.464 e. The van der Waals surface area contributed by atoms with Gasteiger partial charge in [0.05, 0.1) is 25.6 Å². The van der Waals surface area contributed by atoms with Gasteiger partial charge >= 0.3 is 5.97 Å². The van der Waals surface area contributed by atoms with Crippen LogP contribution in [0.15, 0.2) is 0 Å². The van der Waals surface area contributed by atoms with Crippen LogP contribution in [0, 0.1) is 0 Å². The maximum Gasteiger partial charge on any atom is 0.340 e. The van der Waals surface area contributed by atoms with Gasteiger partial charge in [0, 0.05) is 0 Å². The zero-order chi connectivity index (χ0) is 13.8. The van der Waals surface area contributed by atoms with Gasteiger partial charge in [-0.1, -0.05) is 0 Å². The van der Waals surface area contributed by atoms with Crippen LogP contribution in [0.2, 0.25) is 0 Å². The van der Waals surface area contributed by atoms with Crippen LogP contribution < -0.4 is 0 Å². The Kier molecular flexibility index (Phi) is 5.12. The molecule has 0 bridgehead atoms. The number of ether oxygens (including phenoxy) is 2. The van der Waals surface area contributed by atoms with Crippen molar-refractivity contribution in [2.24, 2.45) is 0 Å². The first kappa shape index (κ1) is 15.4. The summed E-state index contributed by atoms with van der Waals surface area (Å²) in [5.41, 5.74) is -0.812. The lowest BCUT2D eigenvalue weighted by molar-refractivity contribution is -0.148. The van der Waals surface area contributed by atoms with E-state index in [1.54, 1.807) is 13.8 Å². The molecule has 0 saturated carbocycles. The fraction of sp³-hybridized carbons (Fsp3) is 0.909. The van der Waals surface area contributed by atoms with Crippen molar-refractivity contribution in [3.63, 3.8) is 0 Å². The molecule has 1 aliphatic heterocycles. The number of hydrogen-bond acceptors (Lipinski definition) is 6. The summed E-state index contributed by atoms with van der Waals surface area (Å²) in [7, 11) is -3.36. The summed E-state index contributed by atoms with van der Waals surface area (Å²) in [4.78, 5) is 11.5. The SMILES string of the molecule is CCOC(=O)[C@@]1(C)O[C@H]1CCCCOS(C)(=O)=O. The van der Waals surface area contributed by atoms with Crippen molar-refractivity contribution in [1.29, 1.82) is 0 Å². The van der Waals surface area contributed by atoms with Gasteiger partial charge < -0.3 is 9.47 Å². The molecule has 0 aromatic carbocycles. The highest BCUT2D eigenvalue weighted by Crippen LogP contribution is 2.40. The smallest absolute Gasteiger partial charge is 0.340 e. The van der Waals surface area contributed by atoms with E-state index in [0.29, 0.717) is 19.4 Å². The molecule has 6 nitrogen and oxygen atoms in total. The summed E-state index contributed by atoms with van der Waals surface area (Å²) in [5.74, 6) is -0.331. The zero-order valence-electron chi connectivity index (χ0n) is 11.0. The lowest BCUT2D eigenvalue weighted by Crippen LogP contribution is -2.26. The first-order valence-electron chi connectivity index (χ1n) is 5.99. The molecule has 0 amide bonds. The standard InChI is InChI=1S/C11H20O6S/c1-4-15-10(12)11(2)9(17-11)7-5-6-8-16-18(3,13)14/h9H,4-8H2,1-3H3/t9-,11-/m0/s1. The lowest BCUT2D eigenvalue weighted by Gasteiger charge is -2.05. The molecule has 1 rings (SSSR count). The van der Waals surface area contributed by atoms with Crippen molar-refractivity contribution in [3.05, 3.63) is 0 Å². The van der Waals surface area contributed by atoms with Gasteiger partial charge in [-0.2, -0.15) is 8.42 Å². The van der Waals surface area contributed by atoms with Gasteiger partial charge in [-0.05, 0) is 33.1 Å². The molecular formula is C11H20O6S. The van der Waals surface area contributed by atoms with Crippen LogP contribution in [-0.2, 0) is 28.6 Å². The topological polar surface area (TPSA) is 82.2 Å². The molecule has 106 valence electrons. The maximum atomic E-state index is 11.5. The minimum absolute atomic E-state index is 0.130. The van der Waals surface area contributed by atoms with Crippen LogP contribution >= 0.6 is 0 Å². The van der Waals surface area contributed by atoms with Gasteiger partial charge in [-0.15, -0.1) is 0 Å². The van der Waals surface area contributed by atoms with Crippen molar-refractivity contribution in [2.75, 3.05) is 19.5 Å². The van der Waals surface area contributed by atoms with E-state index >= 15 is 0 Å². The van der Waals surface area contributed by atoms with E-state index in [9.17, 15) is 13.2 Å². The van der Waals surface area contributed by atoms with E-state index in [4.69, 9.17) is 9.47 Å². The van der Waals surface area contributed by atoms with E-state index in [-0.39, 0.29) is 18.7 Å². The second-order valence-electron chi connectivity index (χ2n) is 4.46. The van der Waals surface area contributed by atoms with Crippen LogP contribution in [0.1, 0.15) is 33.1 Å². The summed E-state index contributed by atoms with van der Waals surface area (Å²) in [5, 5.41) is 0. The van der Waals surface area contributed by atoms with E-state index in [0.717, 1.165) is 12.7 Å². The van der Waals surface area contributed by atoms with Gasteiger partial charge in [0.15, 0.2) is 5.60 Å². The molecule has 1 heterocycles. The van der Waals surface area contributed by atoms with Crippen molar-refractivity contribution in [3.8, 4) is 0 Å². The number of rotatable bonds is 8. The summed E-state index contributed by atoms with van der Waals surface area (Å²) in [6.45, 7) is 3.97. The van der Waals surface area contributed by atoms with E-state index in [2.05, 4.69) is 4.18 Å². The third-order valence-corrected chi connectivity index (χ3v) is 3.38. The molecule has 7 heteroatoms. The Bertz CT molecular complexity index is 390. The van der Waals surface area contributed by atoms with Gasteiger partial charge in [-0.25, -0.2) is 4.79 Å². The van der Waals surface area contributed by atoms with Crippen molar-refractivity contribution >= 4 is 16.1 Å². The van der Waals surface area contributed by atoms with Gasteiger partial charge in [0.2, 0.25) is 0 Å². The molecule has 0 aromatic heterocycles. The van der Waals surface area contributed by atoms with Crippen LogP contribution in [0.4, 0.5) is 0 Å². The van der Waals surface area contributed by atoms with Crippen LogP contribution in [0.25, 0.3) is 0 Å². The fourth-order valence-corrected chi connectivity index (χ4v) is 2.11. The van der Waals surface area contributed by atoms with Gasteiger partial charge in [0.1, 0.15) is 0 Å². The molecule has 1 saturated heterocycles. The highest BCUT2D eigenvalue weighted by Gasteiger charge is 2.59. The average molecular weight is 280 g/mol. The highest BCUT2D eigenvalue weighted by atomic mass is 32.2. The van der Waals surface area contributed by atoms with Crippen molar-refractivity contribution in [2.45, 2.75) is 44.8 Å². The predicted octanol–water partition coefficient (Wildman–Crippen LogP) is 0.853. The third-order valence-electron chi connectivity index (χ3n) is 2.78. The number of carbonyl (C=O) groups is 1. The number of carbonyl (C=O) groups excluding carboxylic acids is 1. The second kappa shape index (κ2) is 5.99. The first-order valence-corrected chi connectivity index (χ1v) is 7.80. The lowest BCUT2D eigenvalue weighted by atomic mass is 10.0. The van der Waals surface area contributed by atoms with Gasteiger partial charge in [0.25, 0.3) is 10.1 Å². The van der Waals surface area contributed by atoms with E-state index in [1.165, 1.54) is 0 Å². The number of hydrogen-bond donors (Lipinski definition) is 0. The highest BCUT2D eigenvalue weighted by molar-refractivity contribution is 7.85. The summed E-state index contributed by atoms with van der Waals surface area (Å²) in [6.07, 6.45) is 2.95. The molecule has 2 atom stereocenters. The molecule has 1 aliphatic rings. The molecule has 18 heavy (non-hydrogen) atoms. The van der Waals surface area contributed by atoms with Gasteiger partial charge in [-0.3, -0.25) is 4.18 Å². The molecule has 0 N–H and O–H groups in total. The Morgan fingerprint density at radius 3 is 2.61 bits per heavy atom. The number of epoxide rings is 1. The van der Waals surface area contributed by atoms with Crippen molar-refractivity contribution in [1.82, 2.24) is 0 Å². The monoisotopic (exact) mass is 280 g/mol. The molecule has 0 radical (unpaired) electrons.